The van der Waals surface area contributed by atoms with Gasteiger partial charge in [0.15, 0.2) is 0 Å². The molecular formula is C12H19N3O. The number of anilines is 1. The molecule has 0 aromatic carbocycles. The molecule has 4 nitrogen and oxygen atoms in total. The summed E-state index contributed by atoms with van der Waals surface area (Å²) in [4.78, 5) is 6.40. The minimum Gasteiger partial charge on any atom is -0.495 e. The molecule has 0 saturated carbocycles. The molecule has 2 N–H and O–H groups in total. The molecule has 0 aliphatic carbocycles. The second-order valence-corrected chi connectivity index (χ2v) is 4.19. The Labute approximate surface area is 96.4 Å². The first kappa shape index (κ1) is 11.2. The van der Waals surface area contributed by atoms with Crippen LogP contribution in [-0.2, 0) is 0 Å². The van der Waals surface area contributed by atoms with Gasteiger partial charge in [0.25, 0.3) is 0 Å². The third kappa shape index (κ3) is 2.44. The zero-order valence-corrected chi connectivity index (χ0v) is 9.72. The normalized spacial score (nSPS) is 21.6. The van der Waals surface area contributed by atoms with Crippen LogP contribution < -0.4 is 15.4 Å². The molecule has 1 fully saturated rings. The largest absolute Gasteiger partial charge is 0.495 e. The van der Waals surface area contributed by atoms with Crippen molar-refractivity contribution in [3.8, 4) is 5.75 Å². The van der Waals surface area contributed by atoms with Crippen molar-refractivity contribution in [2.24, 2.45) is 5.73 Å². The molecule has 1 atom stereocenters. The summed E-state index contributed by atoms with van der Waals surface area (Å²) < 4.78 is 5.18. The van der Waals surface area contributed by atoms with E-state index in [-0.39, 0.29) is 6.17 Å². The summed E-state index contributed by atoms with van der Waals surface area (Å²) in [5.74, 6) is 0.786. The molecule has 16 heavy (non-hydrogen) atoms. The van der Waals surface area contributed by atoms with Gasteiger partial charge in [-0.1, -0.05) is 6.42 Å². The van der Waals surface area contributed by atoms with Gasteiger partial charge in [0.05, 0.1) is 31.4 Å². The Bertz CT molecular complexity index is 343. The molecular weight excluding hydrogens is 202 g/mol. The molecule has 1 aliphatic rings. The lowest BCUT2D eigenvalue weighted by molar-refractivity contribution is 0.412. The van der Waals surface area contributed by atoms with E-state index in [1.807, 2.05) is 12.3 Å². The second-order valence-electron chi connectivity index (χ2n) is 4.19. The molecule has 1 aromatic rings. The van der Waals surface area contributed by atoms with Gasteiger partial charge >= 0.3 is 0 Å². The van der Waals surface area contributed by atoms with Crippen LogP contribution in [0.2, 0.25) is 0 Å². The van der Waals surface area contributed by atoms with E-state index in [2.05, 4.69) is 9.88 Å². The van der Waals surface area contributed by atoms with Gasteiger partial charge in [-0.2, -0.15) is 0 Å². The van der Waals surface area contributed by atoms with Crippen LogP contribution in [0, 0.1) is 0 Å². The predicted molar refractivity (Wildman–Crippen MR) is 64.6 cm³/mol. The molecule has 1 unspecified atom stereocenters. The molecule has 1 aromatic heterocycles. The molecule has 1 aliphatic heterocycles. The van der Waals surface area contributed by atoms with E-state index >= 15 is 0 Å². The summed E-state index contributed by atoms with van der Waals surface area (Å²) in [6, 6.07) is 2.00. The van der Waals surface area contributed by atoms with E-state index in [0.29, 0.717) is 0 Å². The van der Waals surface area contributed by atoms with Gasteiger partial charge in [-0.25, -0.2) is 0 Å². The third-order valence-electron chi connectivity index (χ3n) is 3.07. The fourth-order valence-electron chi connectivity index (χ4n) is 2.13. The van der Waals surface area contributed by atoms with E-state index in [9.17, 15) is 0 Å². The Hall–Kier alpha value is -1.29. The molecule has 2 rings (SSSR count). The van der Waals surface area contributed by atoms with E-state index < -0.39 is 0 Å². The number of hydrogen-bond acceptors (Lipinski definition) is 4. The van der Waals surface area contributed by atoms with Crippen LogP contribution in [-0.4, -0.2) is 24.8 Å². The quantitative estimate of drug-likeness (QED) is 0.826. The van der Waals surface area contributed by atoms with Crippen LogP contribution in [0.15, 0.2) is 18.5 Å². The fourth-order valence-corrected chi connectivity index (χ4v) is 2.13. The highest BCUT2D eigenvalue weighted by Crippen LogP contribution is 2.24. The van der Waals surface area contributed by atoms with Gasteiger partial charge in [0.1, 0.15) is 5.75 Å². The summed E-state index contributed by atoms with van der Waals surface area (Å²) in [6.45, 7) is 1.01. The van der Waals surface area contributed by atoms with Crippen molar-refractivity contribution >= 4 is 5.69 Å². The summed E-state index contributed by atoms with van der Waals surface area (Å²) in [5.41, 5.74) is 7.22. The molecule has 2 heterocycles. The van der Waals surface area contributed by atoms with Crippen LogP contribution in [0.4, 0.5) is 5.69 Å². The molecule has 0 radical (unpaired) electrons. The van der Waals surface area contributed by atoms with Gasteiger partial charge in [0, 0.05) is 12.6 Å². The van der Waals surface area contributed by atoms with Crippen LogP contribution in [0.25, 0.3) is 0 Å². The standard InChI is InChI=1S/C12H19N3O/c1-16-11-7-10(8-14-9-11)15-6-4-2-3-5-12(15)13/h7-9,12H,2-6,13H2,1H3. The van der Waals surface area contributed by atoms with Gasteiger partial charge in [0.2, 0.25) is 0 Å². The topological polar surface area (TPSA) is 51.4 Å². The first-order valence-electron chi connectivity index (χ1n) is 5.82. The first-order chi connectivity index (χ1) is 7.81. The minimum atomic E-state index is 0.108. The number of pyridine rings is 1. The van der Waals surface area contributed by atoms with Crippen molar-refractivity contribution in [2.45, 2.75) is 31.8 Å². The summed E-state index contributed by atoms with van der Waals surface area (Å²) in [5, 5.41) is 0. The molecule has 4 heteroatoms. The summed E-state index contributed by atoms with van der Waals surface area (Å²) >= 11 is 0. The Morgan fingerprint density at radius 1 is 1.38 bits per heavy atom. The van der Waals surface area contributed by atoms with Crippen LogP contribution in [0.5, 0.6) is 5.75 Å². The highest BCUT2D eigenvalue weighted by atomic mass is 16.5. The van der Waals surface area contributed by atoms with Crippen molar-refractivity contribution < 1.29 is 4.74 Å². The molecule has 88 valence electrons. The van der Waals surface area contributed by atoms with E-state index in [4.69, 9.17) is 10.5 Å². The maximum Gasteiger partial charge on any atom is 0.139 e. The van der Waals surface area contributed by atoms with Gasteiger partial charge in [-0.15, -0.1) is 0 Å². The van der Waals surface area contributed by atoms with Crippen LogP contribution in [0.1, 0.15) is 25.7 Å². The number of ether oxygens (including phenoxy) is 1. The smallest absolute Gasteiger partial charge is 0.139 e. The Balaban J connectivity index is 2.19. The van der Waals surface area contributed by atoms with E-state index in [1.54, 1.807) is 13.3 Å². The number of methoxy groups -OCH3 is 1. The lowest BCUT2D eigenvalue weighted by Gasteiger charge is -2.28. The van der Waals surface area contributed by atoms with Crippen molar-refractivity contribution in [3.05, 3.63) is 18.5 Å². The molecule has 1 saturated heterocycles. The zero-order chi connectivity index (χ0) is 11.4. The first-order valence-corrected chi connectivity index (χ1v) is 5.82. The lowest BCUT2D eigenvalue weighted by Crippen LogP contribution is -2.41. The van der Waals surface area contributed by atoms with Crippen LogP contribution in [0.3, 0.4) is 0 Å². The monoisotopic (exact) mass is 221 g/mol. The Morgan fingerprint density at radius 2 is 2.25 bits per heavy atom. The maximum atomic E-state index is 6.16. The highest BCUT2D eigenvalue weighted by Gasteiger charge is 2.18. The molecule has 0 bridgehead atoms. The second kappa shape index (κ2) is 5.16. The number of hydrogen-bond donors (Lipinski definition) is 1. The third-order valence-corrected chi connectivity index (χ3v) is 3.07. The number of rotatable bonds is 2. The van der Waals surface area contributed by atoms with Crippen molar-refractivity contribution in [1.29, 1.82) is 0 Å². The zero-order valence-electron chi connectivity index (χ0n) is 9.72. The Morgan fingerprint density at radius 3 is 3.06 bits per heavy atom. The molecule has 0 spiro atoms. The lowest BCUT2D eigenvalue weighted by atomic mass is 10.2. The van der Waals surface area contributed by atoms with Gasteiger partial charge in [-0.3, -0.25) is 4.98 Å². The number of nitrogens with two attached hydrogens (primary N) is 1. The van der Waals surface area contributed by atoms with Gasteiger partial charge in [-0.05, 0) is 19.3 Å². The number of nitrogens with zero attached hydrogens (tertiary/aromatic N) is 2. The summed E-state index contributed by atoms with van der Waals surface area (Å²) in [6.07, 6.45) is 8.41. The SMILES string of the molecule is COc1cncc(N2CCCCCC2N)c1. The van der Waals surface area contributed by atoms with Crippen molar-refractivity contribution in [3.63, 3.8) is 0 Å². The minimum absolute atomic E-state index is 0.108. The summed E-state index contributed by atoms with van der Waals surface area (Å²) in [7, 11) is 1.66. The van der Waals surface area contributed by atoms with E-state index in [0.717, 1.165) is 24.4 Å². The highest BCUT2D eigenvalue weighted by molar-refractivity contribution is 5.48. The van der Waals surface area contributed by atoms with Crippen LogP contribution >= 0.6 is 0 Å². The maximum absolute atomic E-state index is 6.16. The fraction of sp³-hybridized carbons (Fsp3) is 0.583. The van der Waals surface area contributed by atoms with Crippen molar-refractivity contribution in [2.75, 3.05) is 18.6 Å². The molecule has 0 amide bonds. The van der Waals surface area contributed by atoms with Crippen molar-refractivity contribution in [1.82, 2.24) is 4.98 Å². The van der Waals surface area contributed by atoms with Gasteiger partial charge < -0.3 is 15.4 Å². The predicted octanol–water partition coefficient (Wildman–Crippen LogP) is 1.76. The number of aromatic nitrogens is 1. The van der Waals surface area contributed by atoms with E-state index in [1.165, 1.54) is 19.3 Å². The average molecular weight is 221 g/mol. The Kier molecular flexibility index (Phi) is 3.62. The average Bonchev–Trinajstić information content (AvgIpc) is 2.54.